The Hall–Kier alpha value is -2.72. The standard InChI is InChI=1S/C18H20BrN5O4/c1-28-16-10-14(24(26)27)3-4-15(16)21-18(25)12-22-6-8-23(9-7-22)17-5-2-13(19)11-20-17/h2-5,10-11H,6-9,12H2,1H3,(H,21,25). The second kappa shape index (κ2) is 8.98. The first-order valence-electron chi connectivity index (χ1n) is 8.67. The van der Waals surface area contributed by atoms with E-state index in [4.69, 9.17) is 4.74 Å². The number of hydrogen-bond donors (Lipinski definition) is 1. The van der Waals surface area contributed by atoms with Gasteiger partial charge in [0.25, 0.3) is 5.69 Å². The van der Waals surface area contributed by atoms with Crippen LogP contribution in [0.15, 0.2) is 41.0 Å². The van der Waals surface area contributed by atoms with Crippen LogP contribution in [0.1, 0.15) is 0 Å². The Morgan fingerprint density at radius 2 is 2.04 bits per heavy atom. The van der Waals surface area contributed by atoms with E-state index in [9.17, 15) is 14.9 Å². The van der Waals surface area contributed by atoms with Crippen LogP contribution in [0.2, 0.25) is 0 Å². The molecule has 1 amide bonds. The lowest BCUT2D eigenvalue weighted by Gasteiger charge is -2.35. The Kier molecular flexibility index (Phi) is 6.42. The van der Waals surface area contributed by atoms with E-state index in [2.05, 4.69) is 36.0 Å². The topological polar surface area (TPSA) is 101 Å². The summed E-state index contributed by atoms with van der Waals surface area (Å²) in [7, 11) is 1.41. The Morgan fingerprint density at radius 1 is 1.29 bits per heavy atom. The molecule has 1 N–H and O–H groups in total. The first-order chi connectivity index (χ1) is 13.5. The number of amides is 1. The number of carbonyl (C=O) groups excluding carboxylic acids is 1. The average Bonchev–Trinajstić information content (AvgIpc) is 2.69. The second-order valence-corrected chi connectivity index (χ2v) is 7.20. The quantitative estimate of drug-likeness (QED) is 0.533. The Labute approximate surface area is 170 Å². The van der Waals surface area contributed by atoms with E-state index in [0.717, 1.165) is 36.5 Å². The van der Waals surface area contributed by atoms with Crippen molar-refractivity contribution in [3.8, 4) is 5.75 Å². The zero-order chi connectivity index (χ0) is 20.1. The van der Waals surface area contributed by atoms with Gasteiger partial charge in [0.05, 0.1) is 30.3 Å². The zero-order valence-electron chi connectivity index (χ0n) is 15.3. The largest absolute Gasteiger partial charge is 0.494 e. The Morgan fingerprint density at radius 3 is 2.64 bits per heavy atom. The predicted octanol–water partition coefficient (Wildman–Crippen LogP) is 2.52. The number of nitro benzene ring substituents is 1. The molecule has 1 aromatic carbocycles. The van der Waals surface area contributed by atoms with E-state index >= 15 is 0 Å². The van der Waals surface area contributed by atoms with Gasteiger partial charge in [0.2, 0.25) is 5.91 Å². The molecule has 0 atom stereocenters. The number of ether oxygens (including phenoxy) is 1. The summed E-state index contributed by atoms with van der Waals surface area (Å²) in [6.07, 6.45) is 1.77. The van der Waals surface area contributed by atoms with E-state index in [0.29, 0.717) is 5.69 Å². The molecule has 28 heavy (non-hydrogen) atoms. The molecule has 3 rings (SSSR count). The second-order valence-electron chi connectivity index (χ2n) is 6.29. The molecule has 148 valence electrons. The number of piperazine rings is 1. The maximum atomic E-state index is 12.4. The fourth-order valence-electron chi connectivity index (χ4n) is 2.98. The van der Waals surface area contributed by atoms with Gasteiger partial charge in [0.15, 0.2) is 0 Å². The number of nitrogens with one attached hydrogen (secondary N) is 1. The third kappa shape index (κ3) is 4.96. The van der Waals surface area contributed by atoms with Gasteiger partial charge in [-0.1, -0.05) is 0 Å². The first kappa shape index (κ1) is 20.0. The molecule has 0 bridgehead atoms. The maximum Gasteiger partial charge on any atom is 0.273 e. The van der Waals surface area contributed by atoms with Crippen LogP contribution in [0.4, 0.5) is 17.2 Å². The summed E-state index contributed by atoms with van der Waals surface area (Å²) >= 11 is 3.38. The summed E-state index contributed by atoms with van der Waals surface area (Å²) in [5.41, 5.74) is 0.323. The SMILES string of the molecule is COc1cc([N+](=O)[O-])ccc1NC(=O)CN1CCN(c2ccc(Br)cn2)CC1. The van der Waals surface area contributed by atoms with Gasteiger partial charge in [0.1, 0.15) is 11.6 Å². The molecule has 2 aromatic rings. The van der Waals surface area contributed by atoms with Crippen molar-refractivity contribution in [3.63, 3.8) is 0 Å². The summed E-state index contributed by atoms with van der Waals surface area (Å²) in [5.74, 6) is 0.985. The number of aromatic nitrogens is 1. The fourth-order valence-corrected chi connectivity index (χ4v) is 3.21. The summed E-state index contributed by atoms with van der Waals surface area (Å²) in [6, 6.07) is 8.03. The molecule has 10 heteroatoms. The van der Waals surface area contributed by atoms with Crippen molar-refractivity contribution in [1.29, 1.82) is 0 Å². The highest BCUT2D eigenvalue weighted by molar-refractivity contribution is 9.10. The number of rotatable bonds is 6. The molecular weight excluding hydrogens is 430 g/mol. The molecule has 0 spiro atoms. The molecule has 9 nitrogen and oxygen atoms in total. The number of methoxy groups -OCH3 is 1. The molecule has 1 fully saturated rings. The minimum absolute atomic E-state index is 0.0903. The van der Waals surface area contributed by atoms with Crippen LogP contribution >= 0.6 is 15.9 Å². The van der Waals surface area contributed by atoms with E-state index in [1.165, 1.54) is 25.3 Å². The highest BCUT2D eigenvalue weighted by atomic mass is 79.9. The lowest BCUT2D eigenvalue weighted by Crippen LogP contribution is -2.48. The minimum Gasteiger partial charge on any atom is -0.494 e. The van der Waals surface area contributed by atoms with E-state index in [-0.39, 0.29) is 23.9 Å². The van der Waals surface area contributed by atoms with Gasteiger partial charge >= 0.3 is 0 Å². The minimum atomic E-state index is -0.506. The molecule has 1 aromatic heterocycles. The highest BCUT2D eigenvalue weighted by Gasteiger charge is 2.21. The van der Waals surface area contributed by atoms with Gasteiger partial charge < -0.3 is 15.0 Å². The molecular formula is C18H20BrN5O4. The van der Waals surface area contributed by atoms with Gasteiger partial charge in [-0.2, -0.15) is 0 Å². The van der Waals surface area contributed by atoms with Gasteiger partial charge in [0, 0.05) is 42.9 Å². The molecule has 2 heterocycles. The number of non-ortho nitro benzene ring substituents is 1. The van der Waals surface area contributed by atoms with E-state index < -0.39 is 4.92 Å². The van der Waals surface area contributed by atoms with Gasteiger partial charge in [-0.3, -0.25) is 19.8 Å². The van der Waals surface area contributed by atoms with Crippen LogP contribution < -0.4 is 15.0 Å². The Bertz CT molecular complexity index is 854. The van der Waals surface area contributed by atoms with Crippen molar-refractivity contribution >= 4 is 39.0 Å². The third-order valence-corrected chi connectivity index (χ3v) is 4.91. The molecule has 0 saturated carbocycles. The normalized spacial score (nSPS) is 14.6. The number of halogens is 1. The van der Waals surface area contributed by atoms with Crippen molar-refractivity contribution in [2.75, 3.05) is 50.1 Å². The molecule has 1 saturated heterocycles. The summed E-state index contributed by atoms with van der Waals surface area (Å²) in [6.45, 7) is 3.28. The lowest BCUT2D eigenvalue weighted by molar-refractivity contribution is -0.384. The van der Waals surface area contributed by atoms with Crippen LogP contribution in [0.5, 0.6) is 5.75 Å². The molecule has 0 aliphatic carbocycles. The van der Waals surface area contributed by atoms with Crippen LogP contribution in [-0.2, 0) is 4.79 Å². The molecule has 1 aliphatic rings. The van der Waals surface area contributed by atoms with Crippen LogP contribution in [0.3, 0.4) is 0 Å². The van der Waals surface area contributed by atoms with Crippen molar-refractivity contribution in [2.24, 2.45) is 0 Å². The number of anilines is 2. The summed E-state index contributed by atoms with van der Waals surface area (Å²) in [5, 5.41) is 13.6. The average molecular weight is 450 g/mol. The summed E-state index contributed by atoms with van der Waals surface area (Å²) in [4.78, 5) is 31.4. The molecule has 1 aliphatic heterocycles. The number of hydrogen-bond acceptors (Lipinski definition) is 7. The van der Waals surface area contributed by atoms with Gasteiger partial charge in [-0.15, -0.1) is 0 Å². The third-order valence-electron chi connectivity index (χ3n) is 4.45. The fraction of sp³-hybridized carbons (Fsp3) is 0.333. The van der Waals surface area contributed by atoms with E-state index in [1.54, 1.807) is 6.20 Å². The van der Waals surface area contributed by atoms with Crippen LogP contribution in [0, 0.1) is 10.1 Å². The predicted molar refractivity (Wildman–Crippen MR) is 109 cm³/mol. The number of benzene rings is 1. The number of nitrogens with zero attached hydrogens (tertiary/aromatic N) is 4. The smallest absolute Gasteiger partial charge is 0.273 e. The van der Waals surface area contributed by atoms with Crippen LogP contribution in [-0.4, -0.2) is 60.5 Å². The number of carbonyl (C=O) groups is 1. The van der Waals surface area contributed by atoms with Crippen molar-refractivity contribution in [2.45, 2.75) is 0 Å². The molecule has 0 radical (unpaired) electrons. The van der Waals surface area contributed by atoms with Crippen molar-refractivity contribution < 1.29 is 14.5 Å². The van der Waals surface area contributed by atoms with E-state index in [1.807, 2.05) is 12.1 Å². The number of pyridine rings is 1. The highest BCUT2D eigenvalue weighted by Crippen LogP contribution is 2.29. The Balaban J connectivity index is 1.53. The van der Waals surface area contributed by atoms with Crippen LogP contribution in [0.25, 0.3) is 0 Å². The lowest BCUT2D eigenvalue weighted by atomic mass is 10.2. The van der Waals surface area contributed by atoms with Gasteiger partial charge in [-0.05, 0) is 34.1 Å². The summed E-state index contributed by atoms with van der Waals surface area (Å²) < 4.78 is 6.09. The number of nitro groups is 1. The van der Waals surface area contributed by atoms with Gasteiger partial charge in [-0.25, -0.2) is 4.98 Å². The maximum absolute atomic E-state index is 12.4. The van der Waals surface area contributed by atoms with Crippen molar-refractivity contribution in [1.82, 2.24) is 9.88 Å². The first-order valence-corrected chi connectivity index (χ1v) is 9.46. The molecule has 0 unspecified atom stereocenters. The van der Waals surface area contributed by atoms with Crippen molar-refractivity contribution in [3.05, 3.63) is 51.1 Å². The monoisotopic (exact) mass is 449 g/mol. The zero-order valence-corrected chi connectivity index (χ0v) is 16.9.